The van der Waals surface area contributed by atoms with E-state index in [4.69, 9.17) is 32.5 Å². The molecule has 3 aliphatic rings. The first-order valence-corrected chi connectivity index (χ1v) is 15.3. The van der Waals surface area contributed by atoms with Gasteiger partial charge >= 0.3 is 7.67 Å². The molecule has 0 spiro atoms. The number of piperazine rings is 1. The van der Waals surface area contributed by atoms with Crippen LogP contribution in [0.15, 0.2) is 30.3 Å². The van der Waals surface area contributed by atoms with Gasteiger partial charge in [-0.2, -0.15) is 0 Å². The number of hydrogen-bond acceptors (Lipinski definition) is 7. The predicted octanol–water partition coefficient (Wildman–Crippen LogP) is 3.46. The highest BCUT2D eigenvalue weighted by Crippen LogP contribution is 2.54. The first kappa shape index (κ1) is 27.6. The van der Waals surface area contributed by atoms with Crippen molar-refractivity contribution in [2.75, 3.05) is 71.2 Å². The molecule has 204 valence electrons. The molecule has 2 aromatic rings. The maximum absolute atomic E-state index is 13.9. The molecule has 1 atom stereocenters. The van der Waals surface area contributed by atoms with Gasteiger partial charge in [-0.05, 0) is 13.1 Å². The molecule has 1 saturated heterocycles. The predicted molar refractivity (Wildman–Crippen MR) is 147 cm³/mol. The molecule has 38 heavy (non-hydrogen) atoms. The minimum Gasteiger partial charge on any atom is -0.491 e. The number of likely N-dealkylation sites (N-methyl/N-ethyl adjacent to an activating group) is 1. The largest absolute Gasteiger partial charge is 0.491 e. The Morgan fingerprint density at radius 1 is 1.03 bits per heavy atom. The van der Waals surface area contributed by atoms with Gasteiger partial charge in [0.15, 0.2) is 11.6 Å². The average molecular weight is 581 g/mol. The third kappa shape index (κ3) is 5.26. The van der Waals surface area contributed by atoms with E-state index in [9.17, 15) is 14.2 Å². The number of carbonyl (C=O) groups excluding carboxylic acids is 2. The highest BCUT2D eigenvalue weighted by Gasteiger charge is 2.43. The van der Waals surface area contributed by atoms with E-state index in [1.165, 1.54) is 0 Å². The van der Waals surface area contributed by atoms with Crippen LogP contribution in [-0.4, -0.2) is 97.3 Å². The zero-order valence-electron chi connectivity index (χ0n) is 21.3. The second kappa shape index (κ2) is 11.6. The summed E-state index contributed by atoms with van der Waals surface area (Å²) in [6.45, 7) is 5.66. The molecule has 0 aromatic heterocycles. The number of halogens is 2. The smallest absolute Gasteiger partial charge is 0.393 e. The van der Waals surface area contributed by atoms with E-state index in [1.807, 2.05) is 0 Å². The van der Waals surface area contributed by atoms with E-state index in [1.54, 1.807) is 35.0 Å². The molecule has 2 heterocycles. The van der Waals surface area contributed by atoms with E-state index < -0.39 is 7.67 Å². The van der Waals surface area contributed by atoms with Crippen LogP contribution in [0.2, 0.25) is 0 Å². The van der Waals surface area contributed by atoms with E-state index in [0.29, 0.717) is 30.0 Å². The fraction of sp³-hybridized carbons (Fsp3) is 0.462. The van der Waals surface area contributed by atoms with Crippen LogP contribution in [0.1, 0.15) is 37.4 Å². The fourth-order valence-corrected chi connectivity index (χ4v) is 7.63. The van der Waals surface area contributed by atoms with Gasteiger partial charge in [0.1, 0.15) is 18.1 Å². The van der Waals surface area contributed by atoms with Crippen LogP contribution in [0.4, 0.5) is 0 Å². The zero-order valence-corrected chi connectivity index (χ0v) is 23.7. The maximum atomic E-state index is 13.9. The number of nitrogens with one attached hydrogen (secondary N) is 1. The number of carbonyl (C=O) groups is 2. The first-order valence-electron chi connectivity index (χ1n) is 12.7. The molecule has 2 aliphatic heterocycles. The summed E-state index contributed by atoms with van der Waals surface area (Å²) in [5.74, 6) is 0.258. The second-order valence-corrected chi connectivity index (χ2v) is 12.4. The summed E-state index contributed by atoms with van der Waals surface area (Å²) in [4.78, 5) is 32.1. The van der Waals surface area contributed by atoms with Crippen molar-refractivity contribution in [2.24, 2.45) is 0 Å². The lowest BCUT2D eigenvalue weighted by Gasteiger charge is -2.36. The monoisotopic (exact) mass is 580 g/mol. The molecule has 1 aliphatic carbocycles. The standard InChI is InChI=1S/C26H31Cl2N4O5P/c1-30-10-12-31(13-11-30)14-15-36-21-16-18-17-29-38(35,32(8-6-27)9-7-28)37-26(18)23-22(21)24(33)19-4-2-3-5-20(19)25(23)34/h2-5,16H,6-15,17H2,1H3,(H,29,35). The Morgan fingerprint density at radius 3 is 2.29 bits per heavy atom. The minimum absolute atomic E-state index is 0.0965. The summed E-state index contributed by atoms with van der Waals surface area (Å²) in [7, 11) is -1.52. The van der Waals surface area contributed by atoms with Crippen LogP contribution in [0.25, 0.3) is 0 Å². The summed E-state index contributed by atoms with van der Waals surface area (Å²) >= 11 is 11.9. The quantitative estimate of drug-likeness (QED) is 0.302. The van der Waals surface area contributed by atoms with E-state index in [-0.39, 0.29) is 65.4 Å². The van der Waals surface area contributed by atoms with Crippen molar-refractivity contribution < 1.29 is 23.4 Å². The molecule has 9 nitrogen and oxygen atoms in total. The summed E-state index contributed by atoms with van der Waals surface area (Å²) in [6.07, 6.45) is 0. The van der Waals surface area contributed by atoms with Crippen LogP contribution < -0.4 is 14.3 Å². The number of hydrogen-bond donors (Lipinski definition) is 1. The molecule has 1 unspecified atom stereocenters. The molecule has 2 aromatic carbocycles. The zero-order chi connectivity index (χ0) is 26.9. The second-order valence-electron chi connectivity index (χ2n) is 9.59. The Balaban J connectivity index is 1.52. The van der Waals surface area contributed by atoms with Crippen molar-refractivity contribution >= 4 is 42.4 Å². The number of fused-ring (bicyclic) bond motifs is 4. The van der Waals surface area contributed by atoms with E-state index in [0.717, 1.165) is 26.2 Å². The molecular weight excluding hydrogens is 550 g/mol. The first-order chi connectivity index (χ1) is 18.4. The normalized spacial score (nSPS) is 21.6. The summed E-state index contributed by atoms with van der Waals surface area (Å²) in [5.41, 5.74) is 1.45. The van der Waals surface area contributed by atoms with Crippen LogP contribution in [0.5, 0.6) is 11.5 Å². The van der Waals surface area contributed by atoms with Gasteiger partial charge in [-0.15, -0.1) is 23.2 Å². The van der Waals surface area contributed by atoms with E-state index >= 15 is 0 Å². The van der Waals surface area contributed by atoms with Crippen molar-refractivity contribution in [3.63, 3.8) is 0 Å². The number of rotatable bonds is 9. The summed E-state index contributed by atoms with van der Waals surface area (Å²) in [6, 6.07) is 8.43. The molecule has 1 fully saturated rings. The van der Waals surface area contributed by atoms with Crippen LogP contribution in [-0.2, 0) is 11.1 Å². The molecule has 1 N–H and O–H groups in total. The lowest BCUT2D eigenvalue weighted by atomic mass is 9.82. The third-order valence-corrected chi connectivity index (χ3v) is 9.66. The molecule has 0 radical (unpaired) electrons. The number of ketones is 2. The van der Waals surface area contributed by atoms with Gasteiger partial charge in [-0.1, -0.05) is 24.3 Å². The molecule has 5 rings (SSSR count). The van der Waals surface area contributed by atoms with Gasteiger partial charge in [0.2, 0.25) is 0 Å². The van der Waals surface area contributed by atoms with Crippen molar-refractivity contribution in [1.29, 1.82) is 0 Å². The molecule has 0 amide bonds. The Hall–Kier alpha value is -1.97. The van der Waals surface area contributed by atoms with Crippen LogP contribution >= 0.6 is 30.9 Å². The molecular formula is C26H31Cl2N4O5P. The Bertz CT molecular complexity index is 1280. The lowest BCUT2D eigenvalue weighted by Crippen LogP contribution is -2.45. The topological polar surface area (TPSA) is 91.4 Å². The molecule has 12 heteroatoms. The Kier molecular flexibility index (Phi) is 8.45. The molecule has 0 bridgehead atoms. The van der Waals surface area contributed by atoms with E-state index in [2.05, 4.69) is 21.9 Å². The number of ether oxygens (including phenoxy) is 1. The third-order valence-electron chi connectivity index (χ3n) is 7.19. The van der Waals surface area contributed by atoms with Gasteiger partial charge in [0.05, 0.1) is 11.1 Å². The van der Waals surface area contributed by atoms with Crippen molar-refractivity contribution in [2.45, 2.75) is 6.54 Å². The highest BCUT2D eigenvalue weighted by molar-refractivity contribution is 7.54. The summed E-state index contributed by atoms with van der Waals surface area (Å²) < 4.78 is 27.7. The summed E-state index contributed by atoms with van der Waals surface area (Å²) in [5, 5.41) is 2.99. The SMILES string of the molecule is CN1CCN(CCOc2cc3c(c4c2C(=O)c2ccccc2C4=O)OP(=O)(N(CCCl)CCCl)NC3)CC1. The van der Waals surface area contributed by atoms with Gasteiger partial charge in [-0.25, -0.2) is 14.3 Å². The molecule has 0 saturated carbocycles. The highest BCUT2D eigenvalue weighted by atomic mass is 35.5. The lowest BCUT2D eigenvalue weighted by molar-refractivity contribution is 0.0971. The van der Waals surface area contributed by atoms with Crippen LogP contribution in [0.3, 0.4) is 0 Å². The minimum atomic E-state index is -3.63. The fourth-order valence-electron chi connectivity index (χ4n) is 5.06. The number of alkyl halides is 2. The van der Waals surface area contributed by atoms with Gasteiger partial charge < -0.3 is 14.2 Å². The number of benzene rings is 2. The number of nitrogens with zero attached hydrogens (tertiary/aromatic N) is 3. The average Bonchev–Trinajstić information content (AvgIpc) is 2.92. The van der Waals surface area contributed by atoms with Gasteiger partial charge in [-0.3, -0.25) is 14.5 Å². The van der Waals surface area contributed by atoms with Crippen molar-refractivity contribution in [1.82, 2.24) is 19.6 Å². The van der Waals surface area contributed by atoms with Crippen molar-refractivity contribution in [3.05, 3.63) is 58.1 Å². The Labute approximate surface area is 232 Å². The Morgan fingerprint density at radius 2 is 1.66 bits per heavy atom. The maximum Gasteiger partial charge on any atom is 0.393 e. The van der Waals surface area contributed by atoms with Crippen LogP contribution in [0, 0.1) is 0 Å². The van der Waals surface area contributed by atoms with Crippen molar-refractivity contribution in [3.8, 4) is 11.5 Å². The van der Waals surface area contributed by atoms with Gasteiger partial charge in [0, 0.05) is 80.8 Å². The van der Waals surface area contributed by atoms with Gasteiger partial charge in [0.25, 0.3) is 0 Å².